The van der Waals surface area contributed by atoms with Gasteiger partial charge in [-0.25, -0.2) is 0 Å². The largest absolute Gasteiger partial charge is 0.490 e. The van der Waals surface area contributed by atoms with Crippen LogP contribution in [0.2, 0.25) is 5.02 Å². The number of alkyl halides is 1. The highest BCUT2D eigenvalue weighted by Gasteiger charge is 2.33. The van der Waals surface area contributed by atoms with E-state index in [2.05, 4.69) is 29.8 Å². The maximum Gasteiger partial charge on any atom is 0.165 e. The lowest BCUT2D eigenvalue weighted by molar-refractivity contribution is 0.283. The fourth-order valence-electron chi connectivity index (χ4n) is 2.96. The summed E-state index contributed by atoms with van der Waals surface area (Å²) in [6, 6.07) is 1.91. The number of hydrogen-bond donors (Lipinski definition) is 0. The molecule has 0 aromatic heterocycles. The summed E-state index contributed by atoms with van der Waals surface area (Å²) in [5, 5.41) is 0.791. The van der Waals surface area contributed by atoms with Crippen molar-refractivity contribution in [3.8, 4) is 11.5 Å². The minimum atomic E-state index is 0.240. The Morgan fingerprint density at radius 2 is 1.95 bits per heavy atom. The predicted octanol–water partition coefficient (Wildman–Crippen LogP) is 5.94. The summed E-state index contributed by atoms with van der Waals surface area (Å²) < 4.78 is 11.7. The minimum Gasteiger partial charge on any atom is -0.490 e. The van der Waals surface area contributed by atoms with Crippen LogP contribution in [0.4, 0.5) is 0 Å². The summed E-state index contributed by atoms with van der Waals surface area (Å²) in [6.07, 6.45) is 3.17. The van der Waals surface area contributed by atoms with Gasteiger partial charge in [0.2, 0.25) is 0 Å². The molecule has 21 heavy (non-hydrogen) atoms. The molecular weight excluding hydrogens is 352 g/mol. The fourth-order valence-corrected chi connectivity index (χ4v) is 4.62. The van der Waals surface area contributed by atoms with Crippen molar-refractivity contribution in [2.45, 2.75) is 51.8 Å². The second-order valence-corrected chi connectivity index (χ2v) is 7.79. The summed E-state index contributed by atoms with van der Waals surface area (Å²) in [7, 11) is 0. The molecule has 0 aliphatic heterocycles. The summed E-state index contributed by atoms with van der Waals surface area (Å²) in [4.78, 5) is 0.240. The summed E-state index contributed by atoms with van der Waals surface area (Å²) in [5.74, 6) is 1.62. The average Bonchev–Trinajstić information content (AvgIpc) is 2.51. The molecule has 1 aromatic carbocycles. The number of benzene rings is 1. The van der Waals surface area contributed by atoms with E-state index in [1.54, 1.807) is 0 Å². The molecule has 0 N–H and O–H groups in total. The smallest absolute Gasteiger partial charge is 0.165 e. The van der Waals surface area contributed by atoms with E-state index in [4.69, 9.17) is 21.1 Å². The van der Waals surface area contributed by atoms with Crippen LogP contribution in [0.1, 0.15) is 56.5 Å². The van der Waals surface area contributed by atoms with Crippen LogP contribution in [0, 0.1) is 5.41 Å². The van der Waals surface area contributed by atoms with Crippen LogP contribution in [-0.4, -0.2) is 13.2 Å². The van der Waals surface area contributed by atoms with E-state index < -0.39 is 0 Å². The van der Waals surface area contributed by atoms with Crippen LogP contribution >= 0.6 is 27.5 Å². The number of halogens is 2. The molecule has 0 heterocycles. The van der Waals surface area contributed by atoms with Crippen LogP contribution in [0.3, 0.4) is 0 Å². The van der Waals surface area contributed by atoms with Crippen LogP contribution in [0.25, 0.3) is 0 Å². The van der Waals surface area contributed by atoms with Gasteiger partial charge in [-0.3, -0.25) is 0 Å². The van der Waals surface area contributed by atoms with Crippen LogP contribution in [-0.2, 0) is 6.42 Å². The van der Waals surface area contributed by atoms with Crippen molar-refractivity contribution in [3.63, 3.8) is 0 Å². The maximum atomic E-state index is 6.53. The topological polar surface area (TPSA) is 18.5 Å². The quantitative estimate of drug-likeness (QED) is 0.479. The SMILES string of the molecule is CCOc1cc(Cl)c2c(c1OCC)C(Br)CC(C)(C)CC2. The first-order valence-electron chi connectivity index (χ1n) is 7.64. The Kier molecular flexibility index (Phi) is 5.48. The van der Waals surface area contributed by atoms with Gasteiger partial charge in [-0.1, -0.05) is 41.4 Å². The number of fused-ring (bicyclic) bond motifs is 1. The van der Waals surface area contributed by atoms with Gasteiger partial charge in [0.1, 0.15) is 0 Å². The van der Waals surface area contributed by atoms with Crippen molar-refractivity contribution in [3.05, 3.63) is 22.2 Å². The fraction of sp³-hybridized carbons (Fsp3) is 0.647. The van der Waals surface area contributed by atoms with Gasteiger partial charge < -0.3 is 9.47 Å². The van der Waals surface area contributed by atoms with Crippen LogP contribution in [0.5, 0.6) is 11.5 Å². The van der Waals surface area contributed by atoms with E-state index >= 15 is 0 Å². The molecule has 1 aliphatic carbocycles. The van der Waals surface area contributed by atoms with Crippen LogP contribution < -0.4 is 9.47 Å². The Balaban J connectivity index is 2.59. The van der Waals surface area contributed by atoms with E-state index in [1.807, 2.05) is 19.9 Å². The van der Waals surface area contributed by atoms with E-state index in [-0.39, 0.29) is 10.2 Å². The summed E-state index contributed by atoms with van der Waals surface area (Å²) in [6.45, 7) is 9.82. The standard InChI is InChI=1S/C17H24BrClO2/c1-5-20-14-9-13(19)11-7-8-17(3,4)10-12(18)15(11)16(14)21-6-2/h9,12H,5-8,10H2,1-4H3. The third-order valence-corrected chi connectivity index (χ3v) is 5.14. The van der Waals surface area contributed by atoms with Gasteiger partial charge in [-0.2, -0.15) is 0 Å². The molecule has 4 heteroatoms. The first-order chi connectivity index (χ1) is 9.89. The highest BCUT2D eigenvalue weighted by molar-refractivity contribution is 9.09. The number of hydrogen-bond acceptors (Lipinski definition) is 2. The Morgan fingerprint density at radius 3 is 2.57 bits per heavy atom. The van der Waals surface area contributed by atoms with Gasteiger partial charge in [0, 0.05) is 21.5 Å². The lowest BCUT2D eigenvalue weighted by Crippen LogP contribution is -2.12. The highest BCUT2D eigenvalue weighted by Crippen LogP contribution is 2.51. The molecular formula is C17H24BrClO2. The van der Waals surface area contributed by atoms with Gasteiger partial charge in [0.05, 0.1) is 13.2 Å². The molecule has 0 radical (unpaired) electrons. The van der Waals surface area contributed by atoms with Crippen molar-refractivity contribution >= 4 is 27.5 Å². The van der Waals surface area contributed by atoms with Gasteiger partial charge in [-0.05, 0) is 44.1 Å². The van der Waals surface area contributed by atoms with Crippen molar-refractivity contribution in [1.29, 1.82) is 0 Å². The van der Waals surface area contributed by atoms with Crippen molar-refractivity contribution in [1.82, 2.24) is 0 Å². The molecule has 2 nitrogen and oxygen atoms in total. The second kappa shape index (κ2) is 6.78. The maximum absolute atomic E-state index is 6.53. The molecule has 118 valence electrons. The lowest BCUT2D eigenvalue weighted by Gasteiger charge is -2.25. The first kappa shape index (κ1) is 17.0. The monoisotopic (exact) mass is 374 g/mol. The third-order valence-electron chi connectivity index (χ3n) is 4.02. The molecule has 1 aromatic rings. The number of rotatable bonds is 4. The number of ether oxygens (including phenoxy) is 2. The Morgan fingerprint density at radius 1 is 1.29 bits per heavy atom. The summed E-state index contributed by atoms with van der Waals surface area (Å²) >= 11 is 10.4. The van der Waals surface area contributed by atoms with E-state index in [0.29, 0.717) is 13.2 Å². The molecule has 0 saturated heterocycles. The van der Waals surface area contributed by atoms with E-state index in [0.717, 1.165) is 35.8 Å². The zero-order valence-corrected chi connectivity index (χ0v) is 15.6. The Labute approximate surface area is 141 Å². The van der Waals surface area contributed by atoms with Crippen molar-refractivity contribution in [2.75, 3.05) is 13.2 Å². The van der Waals surface area contributed by atoms with Crippen molar-refractivity contribution in [2.24, 2.45) is 5.41 Å². The Bertz CT molecular complexity index is 514. The van der Waals surface area contributed by atoms with Gasteiger partial charge in [0.15, 0.2) is 11.5 Å². The average molecular weight is 376 g/mol. The minimum absolute atomic E-state index is 0.240. The predicted molar refractivity (Wildman–Crippen MR) is 92.2 cm³/mol. The molecule has 0 spiro atoms. The van der Waals surface area contributed by atoms with Gasteiger partial charge in [-0.15, -0.1) is 0 Å². The summed E-state index contributed by atoms with van der Waals surface area (Å²) in [5.41, 5.74) is 2.67. The zero-order valence-electron chi connectivity index (χ0n) is 13.3. The molecule has 0 bridgehead atoms. The first-order valence-corrected chi connectivity index (χ1v) is 8.94. The Hall–Kier alpha value is -0.410. The normalized spacial score (nSPS) is 20.6. The molecule has 0 saturated carbocycles. The zero-order chi connectivity index (χ0) is 15.6. The highest BCUT2D eigenvalue weighted by atomic mass is 79.9. The second-order valence-electron chi connectivity index (χ2n) is 6.28. The van der Waals surface area contributed by atoms with Gasteiger partial charge >= 0.3 is 0 Å². The molecule has 0 amide bonds. The van der Waals surface area contributed by atoms with E-state index in [9.17, 15) is 0 Å². The van der Waals surface area contributed by atoms with Crippen LogP contribution in [0.15, 0.2) is 6.07 Å². The molecule has 1 atom stereocenters. The van der Waals surface area contributed by atoms with E-state index in [1.165, 1.54) is 11.1 Å². The molecule has 1 aliphatic rings. The van der Waals surface area contributed by atoms with Gasteiger partial charge in [0.25, 0.3) is 0 Å². The third kappa shape index (κ3) is 3.68. The molecule has 2 rings (SSSR count). The molecule has 0 fully saturated rings. The van der Waals surface area contributed by atoms with Crippen molar-refractivity contribution < 1.29 is 9.47 Å². The lowest BCUT2D eigenvalue weighted by atomic mass is 9.84. The molecule has 1 unspecified atom stereocenters.